The summed E-state index contributed by atoms with van der Waals surface area (Å²) in [7, 11) is 1.81. The second kappa shape index (κ2) is 4.61. The number of β-amino-alcohol motifs (C(OH)–C–C–N with tert-alkyl or cyclic N) is 1. The van der Waals surface area contributed by atoms with Gasteiger partial charge in [-0.3, -0.25) is 4.79 Å². The maximum Gasteiger partial charge on any atom is 0.332 e. The molecule has 18 heavy (non-hydrogen) atoms. The molecule has 2 aliphatic rings. The summed E-state index contributed by atoms with van der Waals surface area (Å²) >= 11 is 0. The van der Waals surface area contributed by atoms with Crippen LogP contribution in [0.3, 0.4) is 0 Å². The van der Waals surface area contributed by atoms with E-state index in [1.165, 1.54) is 12.3 Å². The van der Waals surface area contributed by atoms with E-state index in [1.807, 2.05) is 17.4 Å². The number of nitrogens with one attached hydrogen (secondary N) is 1. The van der Waals surface area contributed by atoms with E-state index in [0.717, 1.165) is 5.70 Å². The summed E-state index contributed by atoms with van der Waals surface area (Å²) in [5.41, 5.74) is 8.32. The molecule has 2 amide bonds. The lowest BCUT2D eigenvalue weighted by molar-refractivity contribution is -0.115. The van der Waals surface area contributed by atoms with E-state index >= 15 is 0 Å². The normalized spacial score (nSPS) is 27.0. The van der Waals surface area contributed by atoms with E-state index < -0.39 is 18.1 Å². The van der Waals surface area contributed by atoms with Crippen LogP contribution in [0.4, 0.5) is 4.79 Å². The van der Waals surface area contributed by atoms with Crippen molar-refractivity contribution in [3.05, 3.63) is 23.4 Å². The number of hydrogen-bond donors (Lipinski definition) is 3. The number of aliphatic hydroxyl groups excluding tert-OH is 1. The van der Waals surface area contributed by atoms with Gasteiger partial charge in [0, 0.05) is 37.2 Å². The first-order chi connectivity index (χ1) is 8.49. The maximum atomic E-state index is 11.8. The fraction of sp³-hybridized carbons (Fsp3) is 0.364. The number of fused-ring (bicyclic) bond motifs is 1. The van der Waals surface area contributed by atoms with E-state index in [4.69, 9.17) is 5.73 Å². The number of nitrogens with two attached hydrogens (primary N) is 1. The smallest absolute Gasteiger partial charge is 0.332 e. The third-order valence-electron chi connectivity index (χ3n) is 2.89. The molecule has 0 aromatic rings. The molecule has 96 valence electrons. The number of allylic oxidation sites excluding steroid dienone is 2. The van der Waals surface area contributed by atoms with E-state index in [9.17, 15) is 14.7 Å². The number of amides is 2. The number of carbonyl (C=O) groups is 2. The Kier molecular flexibility index (Phi) is 3.15. The Balaban J connectivity index is 2.17. The predicted molar refractivity (Wildman–Crippen MR) is 64.5 cm³/mol. The topological polar surface area (TPSA) is 108 Å². The van der Waals surface area contributed by atoms with Gasteiger partial charge < -0.3 is 15.7 Å². The summed E-state index contributed by atoms with van der Waals surface area (Å²) < 4.78 is 0. The number of ketones is 1. The Labute approximate surface area is 104 Å². The van der Waals surface area contributed by atoms with Crippen molar-refractivity contribution < 1.29 is 14.7 Å². The van der Waals surface area contributed by atoms with Gasteiger partial charge in [-0.2, -0.15) is 5.10 Å². The number of primary amides is 1. The monoisotopic (exact) mass is 250 g/mol. The summed E-state index contributed by atoms with van der Waals surface area (Å²) in [6.45, 7) is 0.467. The average Bonchev–Trinajstić information content (AvgIpc) is 2.54. The number of aliphatic hydroxyl groups is 1. The van der Waals surface area contributed by atoms with Gasteiger partial charge in [0.1, 0.15) is 0 Å². The van der Waals surface area contributed by atoms with Crippen LogP contribution < -0.4 is 11.2 Å². The number of hydrogen-bond acceptors (Lipinski definition) is 5. The Morgan fingerprint density at radius 3 is 3.11 bits per heavy atom. The number of hydrazone groups is 1. The minimum Gasteiger partial charge on any atom is -0.386 e. The zero-order valence-corrected chi connectivity index (χ0v) is 9.83. The van der Waals surface area contributed by atoms with Crippen LogP contribution in [0.2, 0.25) is 0 Å². The quantitative estimate of drug-likeness (QED) is 0.429. The van der Waals surface area contributed by atoms with Crippen molar-refractivity contribution >= 4 is 18.0 Å². The fourth-order valence-electron chi connectivity index (χ4n) is 2.04. The Hall–Kier alpha value is -2.15. The van der Waals surface area contributed by atoms with Gasteiger partial charge in [0.25, 0.3) is 0 Å². The van der Waals surface area contributed by atoms with Crippen LogP contribution in [0.15, 0.2) is 28.5 Å². The van der Waals surface area contributed by atoms with Crippen LogP contribution in [0.5, 0.6) is 0 Å². The van der Waals surface area contributed by atoms with Gasteiger partial charge in [-0.25, -0.2) is 10.2 Å². The fourth-order valence-corrected chi connectivity index (χ4v) is 2.04. The Bertz CT molecular complexity index is 481. The highest BCUT2D eigenvalue weighted by atomic mass is 16.3. The number of carbonyl (C=O) groups excluding carboxylic acids is 2. The zero-order valence-electron chi connectivity index (χ0n) is 9.83. The van der Waals surface area contributed by atoms with Gasteiger partial charge >= 0.3 is 6.03 Å². The molecule has 0 aromatic heterocycles. The van der Waals surface area contributed by atoms with Crippen LogP contribution >= 0.6 is 0 Å². The molecule has 0 spiro atoms. The SMILES string of the molecule is CN1C[C@H](O)C2=C[C@H](/C=N\NC(N)=O)C(=O)C=C21. The van der Waals surface area contributed by atoms with Crippen molar-refractivity contribution in [3.63, 3.8) is 0 Å². The zero-order chi connectivity index (χ0) is 13.3. The molecule has 2 atom stereocenters. The average molecular weight is 250 g/mol. The maximum absolute atomic E-state index is 11.8. The lowest BCUT2D eigenvalue weighted by Crippen LogP contribution is -2.26. The number of urea groups is 1. The number of nitrogens with zero attached hydrogens (tertiary/aromatic N) is 2. The summed E-state index contributed by atoms with van der Waals surface area (Å²) in [4.78, 5) is 24.1. The second-order valence-electron chi connectivity index (χ2n) is 4.23. The minimum atomic E-state index is -0.793. The molecule has 0 saturated carbocycles. The van der Waals surface area contributed by atoms with E-state index in [-0.39, 0.29) is 5.78 Å². The van der Waals surface area contributed by atoms with Crippen molar-refractivity contribution in [1.29, 1.82) is 0 Å². The third kappa shape index (κ3) is 2.25. The van der Waals surface area contributed by atoms with Crippen LogP contribution in [0.1, 0.15) is 0 Å². The molecule has 7 nitrogen and oxygen atoms in total. The van der Waals surface area contributed by atoms with E-state index in [1.54, 1.807) is 6.08 Å². The summed E-state index contributed by atoms with van der Waals surface area (Å²) in [5.74, 6) is -0.735. The minimum absolute atomic E-state index is 0.148. The van der Waals surface area contributed by atoms with Crippen molar-refractivity contribution in [2.75, 3.05) is 13.6 Å². The summed E-state index contributed by atoms with van der Waals surface area (Å²) in [5, 5.41) is 13.4. The largest absolute Gasteiger partial charge is 0.386 e. The predicted octanol–water partition coefficient (Wildman–Crippen LogP) is -1.04. The lowest BCUT2D eigenvalue weighted by atomic mass is 9.93. The molecule has 1 fully saturated rings. The Morgan fingerprint density at radius 2 is 2.44 bits per heavy atom. The molecule has 0 unspecified atom stereocenters. The van der Waals surface area contributed by atoms with Crippen molar-refractivity contribution in [3.8, 4) is 0 Å². The van der Waals surface area contributed by atoms with Gasteiger partial charge in [-0.1, -0.05) is 6.08 Å². The molecule has 7 heteroatoms. The lowest BCUT2D eigenvalue weighted by Gasteiger charge is -2.17. The number of rotatable bonds is 2. The molecule has 4 N–H and O–H groups in total. The number of likely N-dealkylation sites (tertiary alicyclic amines) is 1. The molecule has 0 bridgehead atoms. The summed E-state index contributed by atoms with van der Waals surface area (Å²) in [6, 6.07) is -0.793. The first-order valence-corrected chi connectivity index (χ1v) is 5.44. The van der Waals surface area contributed by atoms with Crippen LogP contribution in [-0.4, -0.2) is 47.7 Å². The van der Waals surface area contributed by atoms with Gasteiger partial charge in [-0.05, 0) is 0 Å². The molecule has 1 aliphatic heterocycles. The van der Waals surface area contributed by atoms with Crippen molar-refractivity contribution in [2.45, 2.75) is 6.10 Å². The van der Waals surface area contributed by atoms with Crippen LogP contribution in [0.25, 0.3) is 0 Å². The van der Waals surface area contributed by atoms with Crippen molar-refractivity contribution in [2.24, 2.45) is 16.8 Å². The van der Waals surface area contributed by atoms with Gasteiger partial charge in [0.05, 0.1) is 12.0 Å². The highest BCUT2D eigenvalue weighted by molar-refractivity contribution is 6.05. The standard InChI is InChI=1S/C11H14N4O3/c1-15-5-10(17)7-2-6(4-13-14-11(12)18)9(16)3-8(7)15/h2-4,6,10,17H,5H2,1H3,(H3,12,14,18)/b13-4-/t6-,10+/m1/s1. The van der Waals surface area contributed by atoms with Crippen molar-refractivity contribution in [1.82, 2.24) is 10.3 Å². The van der Waals surface area contributed by atoms with Gasteiger partial charge in [0.15, 0.2) is 5.78 Å². The van der Waals surface area contributed by atoms with Crippen LogP contribution in [-0.2, 0) is 4.79 Å². The van der Waals surface area contributed by atoms with Crippen LogP contribution in [0, 0.1) is 5.92 Å². The van der Waals surface area contributed by atoms with Gasteiger partial charge in [-0.15, -0.1) is 0 Å². The van der Waals surface area contributed by atoms with E-state index in [2.05, 4.69) is 5.10 Å². The first-order valence-electron chi connectivity index (χ1n) is 5.44. The third-order valence-corrected chi connectivity index (χ3v) is 2.89. The highest BCUT2D eigenvalue weighted by Gasteiger charge is 2.33. The molecular formula is C11H14N4O3. The molecule has 1 aliphatic carbocycles. The summed E-state index contributed by atoms with van der Waals surface area (Å²) in [6.07, 6.45) is 3.82. The molecule has 1 saturated heterocycles. The molecule has 0 radical (unpaired) electrons. The Morgan fingerprint density at radius 1 is 1.72 bits per heavy atom. The highest BCUT2D eigenvalue weighted by Crippen LogP contribution is 2.30. The molecule has 1 heterocycles. The van der Waals surface area contributed by atoms with E-state index in [0.29, 0.717) is 12.1 Å². The van der Waals surface area contributed by atoms with Gasteiger partial charge in [0.2, 0.25) is 0 Å². The first kappa shape index (κ1) is 12.3. The molecular weight excluding hydrogens is 236 g/mol. The second-order valence-corrected chi connectivity index (χ2v) is 4.23. The molecule has 0 aromatic carbocycles. The number of likely N-dealkylation sites (N-methyl/N-ethyl adjacent to an activating group) is 1. The molecule has 2 rings (SSSR count).